The van der Waals surface area contributed by atoms with Gasteiger partial charge in [0.25, 0.3) is 0 Å². The molecule has 1 atom stereocenters. The summed E-state index contributed by atoms with van der Waals surface area (Å²) in [5.41, 5.74) is -0.584. The Hall–Kier alpha value is -1.54. The Labute approximate surface area is 130 Å². The zero-order valence-corrected chi connectivity index (χ0v) is 13.9. The molecule has 1 aromatic heterocycles. The van der Waals surface area contributed by atoms with Crippen LogP contribution in [0.25, 0.3) is 0 Å². The average Bonchev–Trinajstić information content (AvgIpc) is 2.79. The molecule has 2 saturated heterocycles. The molecule has 1 aromatic rings. The summed E-state index contributed by atoms with van der Waals surface area (Å²) in [6.07, 6.45) is 0. The summed E-state index contributed by atoms with van der Waals surface area (Å²) in [6, 6.07) is 0.130. The van der Waals surface area contributed by atoms with Crippen LogP contribution < -0.4 is 0 Å². The number of hydrogen-bond acceptors (Lipinski definition) is 6. The van der Waals surface area contributed by atoms with Crippen LogP contribution in [0.15, 0.2) is 0 Å². The number of aromatic nitrogens is 4. The molecule has 1 amide bonds. The van der Waals surface area contributed by atoms with E-state index in [0.29, 0.717) is 13.1 Å². The molecule has 0 aromatic carbocycles. The number of hydrogen-bond donors (Lipinski definition) is 0. The highest BCUT2D eigenvalue weighted by atomic mass is 16.5. The van der Waals surface area contributed by atoms with Crippen molar-refractivity contribution in [2.75, 3.05) is 26.2 Å². The lowest BCUT2D eigenvalue weighted by Gasteiger charge is -2.59. The zero-order valence-electron chi connectivity index (χ0n) is 13.9. The van der Waals surface area contributed by atoms with E-state index < -0.39 is 0 Å². The minimum atomic E-state index is -0.314. The molecule has 3 heterocycles. The van der Waals surface area contributed by atoms with Crippen LogP contribution in [-0.4, -0.2) is 73.3 Å². The number of aryl methyl sites for hydroxylation is 1. The number of carbonyl (C=O) groups excluding carboxylic acids is 1. The summed E-state index contributed by atoms with van der Waals surface area (Å²) in [4.78, 5) is 16.0. The Kier molecular flexibility index (Phi) is 3.48. The van der Waals surface area contributed by atoms with E-state index in [-0.39, 0.29) is 23.2 Å². The topological polar surface area (TPSA) is 76.4 Å². The van der Waals surface area contributed by atoms with E-state index >= 15 is 0 Å². The summed E-state index contributed by atoms with van der Waals surface area (Å²) in [7, 11) is 1.85. The van der Waals surface area contributed by atoms with E-state index in [4.69, 9.17) is 4.74 Å². The lowest BCUT2D eigenvalue weighted by molar-refractivity contribution is -0.251. The summed E-state index contributed by atoms with van der Waals surface area (Å²) >= 11 is 0. The molecular weight excluding hydrogens is 284 g/mol. The van der Waals surface area contributed by atoms with Crippen LogP contribution >= 0.6 is 0 Å². The van der Waals surface area contributed by atoms with E-state index in [1.165, 1.54) is 0 Å². The summed E-state index contributed by atoms with van der Waals surface area (Å²) in [6.45, 7) is 10.7. The molecular formula is C14H24N6O2. The first kappa shape index (κ1) is 15.4. The summed E-state index contributed by atoms with van der Waals surface area (Å²) < 4.78 is 8.01. The molecule has 0 bridgehead atoms. The molecule has 22 heavy (non-hydrogen) atoms. The molecule has 0 saturated carbocycles. The van der Waals surface area contributed by atoms with Gasteiger partial charge in [0, 0.05) is 33.6 Å². The van der Waals surface area contributed by atoms with Crippen molar-refractivity contribution in [3.63, 3.8) is 0 Å². The standard InChI is InChI=1S/C14H24N6O2/c1-10(12-15-16-17-18(12)5)19-7-14(8-19)9-20(11(2)21)6-13(3,4)22-14/h10H,6-9H2,1-5H3. The van der Waals surface area contributed by atoms with Crippen molar-refractivity contribution in [3.05, 3.63) is 5.82 Å². The molecule has 8 nitrogen and oxygen atoms in total. The third kappa shape index (κ3) is 2.61. The number of amides is 1. The fraction of sp³-hybridized carbons (Fsp3) is 0.857. The van der Waals surface area contributed by atoms with E-state index in [2.05, 4.69) is 27.3 Å². The van der Waals surface area contributed by atoms with E-state index in [9.17, 15) is 4.79 Å². The highest BCUT2D eigenvalue weighted by Crippen LogP contribution is 2.39. The average molecular weight is 308 g/mol. The van der Waals surface area contributed by atoms with Crippen LogP contribution in [0, 0.1) is 0 Å². The number of tetrazole rings is 1. The fourth-order valence-electron chi connectivity index (χ4n) is 3.62. The van der Waals surface area contributed by atoms with E-state index in [1.54, 1.807) is 11.6 Å². The SMILES string of the molecule is CC(=O)N1CC(C)(C)OC2(C1)CN(C(C)c1nnnn1C)C2. The van der Waals surface area contributed by atoms with Crippen molar-refractivity contribution in [2.45, 2.75) is 44.9 Å². The van der Waals surface area contributed by atoms with Gasteiger partial charge in [-0.25, -0.2) is 4.68 Å². The predicted molar refractivity (Wildman–Crippen MR) is 78.9 cm³/mol. The lowest BCUT2D eigenvalue weighted by Crippen LogP contribution is -2.74. The first-order valence-electron chi connectivity index (χ1n) is 7.63. The molecule has 2 fully saturated rings. The van der Waals surface area contributed by atoms with Crippen LogP contribution in [0.1, 0.15) is 39.6 Å². The van der Waals surface area contributed by atoms with Crippen molar-refractivity contribution in [2.24, 2.45) is 7.05 Å². The fourth-order valence-corrected chi connectivity index (χ4v) is 3.62. The van der Waals surface area contributed by atoms with Crippen LogP contribution in [-0.2, 0) is 16.6 Å². The molecule has 1 spiro atoms. The normalized spacial score (nSPS) is 25.0. The molecule has 3 rings (SSSR count). The second kappa shape index (κ2) is 4.99. The maximum Gasteiger partial charge on any atom is 0.219 e. The third-order valence-corrected chi connectivity index (χ3v) is 4.55. The van der Waals surface area contributed by atoms with Crippen molar-refractivity contribution in [1.82, 2.24) is 30.0 Å². The lowest BCUT2D eigenvalue weighted by atomic mass is 9.87. The van der Waals surface area contributed by atoms with Gasteiger partial charge in [-0.1, -0.05) is 0 Å². The van der Waals surface area contributed by atoms with Gasteiger partial charge in [0.1, 0.15) is 5.60 Å². The minimum Gasteiger partial charge on any atom is -0.363 e. The molecule has 2 aliphatic rings. The van der Waals surface area contributed by atoms with Gasteiger partial charge in [-0.3, -0.25) is 9.69 Å². The highest BCUT2D eigenvalue weighted by Gasteiger charge is 2.53. The number of rotatable bonds is 2. The Morgan fingerprint density at radius 3 is 2.50 bits per heavy atom. The van der Waals surface area contributed by atoms with Gasteiger partial charge < -0.3 is 9.64 Å². The Morgan fingerprint density at radius 2 is 1.95 bits per heavy atom. The molecule has 1 unspecified atom stereocenters. The molecule has 2 aliphatic heterocycles. The van der Waals surface area contributed by atoms with Crippen LogP contribution in [0.3, 0.4) is 0 Å². The molecule has 122 valence electrons. The van der Waals surface area contributed by atoms with Crippen molar-refractivity contribution < 1.29 is 9.53 Å². The van der Waals surface area contributed by atoms with Crippen molar-refractivity contribution >= 4 is 5.91 Å². The first-order chi connectivity index (χ1) is 10.2. The van der Waals surface area contributed by atoms with Gasteiger partial charge in [-0.15, -0.1) is 5.10 Å². The smallest absolute Gasteiger partial charge is 0.219 e. The Morgan fingerprint density at radius 1 is 1.27 bits per heavy atom. The third-order valence-electron chi connectivity index (χ3n) is 4.55. The largest absolute Gasteiger partial charge is 0.363 e. The van der Waals surface area contributed by atoms with E-state index in [1.807, 2.05) is 25.8 Å². The number of nitrogens with zero attached hydrogens (tertiary/aromatic N) is 6. The quantitative estimate of drug-likeness (QED) is 0.764. The second-order valence-electron chi connectivity index (χ2n) is 7.16. The summed E-state index contributed by atoms with van der Waals surface area (Å²) in [5.74, 6) is 0.952. The number of carbonyl (C=O) groups is 1. The van der Waals surface area contributed by atoms with Crippen LogP contribution in [0.2, 0.25) is 0 Å². The number of likely N-dealkylation sites (tertiary alicyclic amines) is 1. The van der Waals surface area contributed by atoms with Gasteiger partial charge in [0.15, 0.2) is 5.82 Å². The van der Waals surface area contributed by atoms with Gasteiger partial charge in [0.05, 0.1) is 18.2 Å². The predicted octanol–water partition coefficient (Wildman–Crippen LogP) is -0.0172. The first-order valence-corrected chi connectivity index (χ1v) is 7.63. The van der Waals surface area contributed by atoms with E-state index in [0.717, 1.165) is 18.9 Å². The van der Waals surface area contributed by atoms with Gasteiger partial charge in [0.2, 0.25) is 5.91 Å². The monoisotopic (exact) mass is 308 g/mol. The zero-order chi connectivity index (χ0) is 16.1. The molecule has 0 N–H and O–H groups in total. The molecule has 8 heteroatoms. The van der Waals surface area contributed by atoms with Gasteiger partial charge in [-0.2, -0.15) is 0 Å². The number of morpholine rings is 1. The highest BCUT2D eigenvalue weighted by molar-refractivity contribution is 5.73. The molecule has 0 radical (unpaired) electrons. The van der Waals surface area contributed by atoms with Crippen molar-refractivity contribution in [1.29, 1.82) is 0 Å². The Balaban J connectivity index is 1.70. The minimum absolute atomic E-state index is 0.111. The van der Waals surface area contributed by atoms with Crippen molar-refractivity contribution in [3.8, 4) is 0 Å². The van der Waals surface area contributed by atoms with Gasteiger partial charge >= 0.3 is 0 Å². The van der Waals surface area contributed by atoms with Crippen LogP contribution in [0.5, 0.6) is 0 Å². The maximum absolute atomic E-state index is 11.8. The second-order valence-corrected chi connectivity index (χ2v) is 7.16. The Bertz CT molecular complexity index is 578. The van der Waals surface area contributed by atoms with Gasteiger partial charge in [-0.05, 0) is 31.2 Å². The maximum atomic E-state index is 11.8. The molecule has 0 aliphatic carbocycles. The van der Waals surface area contributed by atoms with Crippen LogP contribution in [0.4, 0.5) is 0 Å². The number of ether oxygens (including phenoxy) is 1. The summed E-state index contributed by atoms with van der Waals surface area (Å²) in [5, 5.41) is 11.7.